The molecule has 35 heavy (non-hydrogen) atoms. The van der Waals surface area contributed by atoms with E-state index in [4.69, 9.17) is 9.26 Å². The second-order valence-corrected chi connectivity index (χ2v) is 9.93. The molecule has 1 saturated heterocycles. The van der Waals surface area contributed by atoms with Gasteiger partial charge in [-0.15, -0.1) is 0 Å². The fourth-order valence-electron chi connectivity index (χ4n) is 5.19. The van der Waals surface area contributed by atoms with Gasteiger partial charge in [0.15, 0.2) is 0 Å². The number of nitrogens with zero attached hydrogens (tertiary/aromatic N) is 5. The molecule has 0 radical (unpaired) electrons. The lowest BCUT2D eigenvalue weighted by Gasteiger charge is -2.46. The fraction of sp³-hybridized carbons (Fsp3) is 0.444. The molecule has 2 unspecified atom stereocenters. The van der Waals surface area contributed by atoms with Crippen molar-refractivity contribution < 1.29 is 14.4 Å². The SMILES string of the molecule is CC(C)Oc1ccc(-c2nc(-c3cccc4c3CCC4N3CC(C(O)N(C)C)C3)no2)cc1C#N. The van der Waals surface area contributed by atoms with E-state index in [1.54, 1.807) is 12.1 Å². The minimum absolute atomic E-state index is 0.0212. The first-order chi connectivity index (χ1) is 16.9. The van der Waals surface area contributed by atoms with E-state index in [-0.39, 0.29) is 12.0 Å². The third kappa shape index (κ3) is 4.43. The largest absolute Gasteiger partial charge is 0.490 e. The molecular weight excluding hydrogens is 442 g/mol. The molecule has 0 amide bonds. The summed E-state index contributed by atoms with van der Waals surface area (Å²) >= 11 is 0. The Balaban J connectivity index is 1.37. The molecule has 1 aliphatic carbocycles. The predicted octanol–water partition coefficient (Wildman–Crippen LogP) is 3.86. The van der Waals surface area contributed by atoms with Gasteiger partial charge in [0.25, 0.3) is 5.89 Å². The van der Waals surface area contributed by atoms with Crippen molar-refractivity contribution in [3.8, 4) is 34.7 Å². The van der Waals surface area contributed by atoms with E-state index in [0.29, 0.717) is 34.6 Å². The molecule has 1 aromatic heterocycles. The van der Waals surface area contributed by atoms with Crippen molar-refractivity contribution in [1.29, 1.82) is 5.26 Å². The number of fused-ring (bicyclic) bond motifs is 1. The molecular formula is C27H31N5O3. The van der Waals surface area contributed by atoms with Crippen LogP contribution in [0.15, 0.2) is 40.9 Å². The van der Waals surface area contributed by atoms with E-state index < -0.39 is 6.23 Å². The Bertz CT molecular complexity index is 1260. The Morgan fingerprint density at radius 1 is 1.23 bits per heavy atom. The summed E-state index contributed by atoms with van der Waals surface area (Å²) in [4.78, 5) is 9.01. The lowest BCUT2D eigenvalue weighted by Crippen LogP contribution is -2.55. The van der Waals surface area contributed by atoms with Crippen LogP contribution in [0.5, 0.6) is 5.75 Å². The van der Waals surface area contributed by atoms with Gasteiger partial charge >= 0.3 is 0 Å². The normalized spacial score (nSPS) is 19.0. The summed E-state index contributed by atoms with van der Waals surface area (Å²) in [6.07, 6.45) is 1.58. The summed E-state index contributed by atoms with van der Waals surface area (Å²) in [6.45, 7) is 5.65. The first-order valence-electron chi connectivity index (χ1n) is 12.1. The van der Waals surface area contributed by atoms with Crippen LogP contribution in [0, 0.1) is 17.2 Å². The number of hydrogen-bond donors (Lipinski definition) is 1. The third-order valence-corrected chi connectivity index (χ3v) is 6.95. The van der Waals surface area contributed by atoms with Crippen LogP contribution >= 0.6 is 0 Å². The van der Waals surface area contributed by atoms with Gasteiger partial charge in [0.1, 0.15) is 18.0 Å². The molecule has 2 heterocycles. The Morgan fingerprint density at radius 2 is 2.03 bits per heavy atom. The van der Waals surface area contributed by atoms with Gasteiger partial charge < -0.3 is 14.4 Å². The summed E-state index contributed by atoms with van der Waals surface area (Å²) in [6, 6.07) is 14.2. The molecule has 2 atom stereocenters. The van der Waals surface area contributed by atoms with Crippen molar-refractivity contribution in [2.45, 2.75) is 45.1 Å². The molecule has 1 aliphatic heterocycles. The molecule has 2 aliphatic rings. The number of benzene rings is 2. The van der Waals surface area contributed by atoms with Gasteiger partial charge in [-0.3, -0.25) is 9.80 Å². The molecule has 8 nitrogen and oxygen atoms in total. The number of aromatic nitrogens is 2. The Morgan fingerprint density at radius 3 is 2.74 bits per heavy atom. The van der Waals surface area contributed by atoms with Crippen LogP contribution in [0.1, 0.15) is 43.0 Å². The zero-order valence-electron chi connectivity index (χ0n) is 20.6. The standard InChI is InChI=1S/C27H31N5O3/c1-16(2)34-24-11-8-17(12-18(24)13-28)26-29-25(30-35-26)22-7-5-6-21-20(22)9-10-23(21)32-14-19(15-32)27(33)31(3)4/h5-8,11-12,16,19,23,27,33H,9-10,14-15H2,1-4H3. The van der Waals surface area contributed by atoms with E-state index in [0.717, 1.165) is 31.5 Å². The highest BCUT2D eigenvalue weighted by atomic mass is 16.5. The van der Waals surface area contributed by atoms with Gasteiger partial charge in [0, 0.05) is 36.2 Å². The summed E-state index contributed by atoms with van der Waals surface area (Å²) in [5, 5.41) is 24.1. The predicted molar refractivity (Wildman–Crippen MR) is 131 cm³/mol. The van der Waals surface area contributed by atoms with E-state index in [1.165, 1.54) is 11.1 Å². The number of ether oxygens (including phenoxy) is 1. The van der Waals surface area contributed by atoms with E-state index in [9.17, 15) is 10.4 Å². The molecule has 5 rings (SSSR count). The van der Waals surface area contributed by atoms with Gasteiger partial charge in [0.05, 0.1) is 11.7 Å². The van der Waals surface area contributed by atoms with Crippen LogP contribution in [-0.4, -0.2) is 64.6 Å². The van der Waals surface area contributed by atoms with Crippen molar-refractivity contribution in [2.75, 3.05) is 27.2 Å². The summed E-state index contributed by atoms with van der Waals surface area (Å²) in [7, 11) is 3.83. The second kappa shape index (κ2) is 9.42. The second-order valence-electron chi connectivity index (χ2n) is 9.93. The lowest BCUT2D eigenvalue weighted by molar-refractivity contribution is -0.0860. The molecule has 0 saturated carbocycles. The minimum Gasteiger partial charge on any atom is -0.490 e. The van der Waals surface area contributed by atoms with Gasteiger partial charge in [-0.05, 0) is 70.1 Å². The van der Waals surface area contributed by atoms with Gasteiger partial charge in [0.2, 0.25) is 5.82 Å². The van der Waals surface area contributed by atoms with Gasteiger partial charge in [-0.25, -0.2) is 0 Å². The molecule has 0 bridgehead atoms. The maximum atomic E-state index is 10.3. The number of nitriles is 1. The Hall–Kier alpha value is -3.25. The van der Waals surface area contributed by atoms with Crippen molar-refractivity contribution in [2.24, 2.45) is 5.92 Å². The zero-order chi connectivity index (χ0) is 24.7. The molecule has 182 valence electrons. The molecule has 3 aromatic rings. The highest BCUT2D eigenvalue weighted by Crippen LogP contribution is 2.43. The highest BCUT2D eigenvalue weighted by molar-refractivity contribution is 5.67. The highest BCUT2D eigenvalue weighted by Gasteiger charge is 2.40. The third-order valence-electron chi connectivity index (χ3n) is 6.95. The number of aliphatic hydroxyl groups excluding tert-OH is 1. The van der Waals surface area contributed by atoms with Crippen molar-refractivity contribution in [1.82, 2.24) is 19.9 Å². The summed E-state index contributed by atoms with van der Waals surface area (Å²) in [5.74, 6) is 1.77. The van der Waals surface area contributed by atoms with Gasteiger partial charge in [-0.1, -0.05) is 23.4 Å². The first-order valence-corrected chi connectivity index (χ1v) is 12.1. The van der Waals surface area contributed by atoms with Crippen LogP contribution in [0.2, 0.25) is 0 Å². The molecule has 0 spiro atoms. The van der Waals surface area contributed by atoms with Crippen LogP contribution < -0.4 is 4.74 Å². The van der Waals surface area contributed by atoms with Gasteiger partial charge in [-0.2, -0.15) is 10.2 Å². The lowest BCUT2D eigenvalue weighted by atomic mass is 9.93. The number of rotatable bonds is 7. The monoisotopic (exact) mass is 473 g/mol. The number of likely N-dealkylation sites (tertiary alicyclic amines) is 1. The van der Waals surface area contributed by atoms with Crippen molar-refractivity contribution in [3.63, 3.8) is 0 Å². The smallest absolute Gasteiger partial charge is 0.258 e. The summed E-state index contributed by atoms with van der Waals surface area (Å²) < 4.78 is 11.3. The van der Waals surface area contributed by atoms with Crippen LogP contribution in [-0.2, 0) is 6.42 Å². The van der Waals surface area contributed by atoms with Crippen molar-refractivity contribution >= 4 is 0 Å². The van der Waals surface area contributed by atoms with E-state index in [1.807, 2.05) is 45.0 Å². The number of hydrogen-bond acceptors (Lipinski definition) is 8. The maximum absolute atomic E-state index is 10.3. The Labute approximate surface area is 205 Å². The maximum Gasteiger partial charge on any atom is 0.258 e. The van der Waals surface area contributed by atoms with E-state index in [2.05, 4.69) is 33.2 Å². The molecule has 2 aromatic carbocycles. The molecule has 8 heteroatoms. The van der Waals surface area contributed by atoms with E-state index >= 15 is 0 Å². The zero-order valence-corrected chi connectivity index (χ0v) is 20.6. The fourth-order valence-corrected chi connectivity index (χ4v) is 5.19. The van der Waals surface area contributed by atoms with Crippen molar-refractivity contribution in [3.05, 3.63) is 53.1 Å². The minimum atomic E-state index is -0.399. The topological polar surface area (TPSA) is 98.7 Å². The van der Waals surface area contributed by atoms with Crippen LogP contribution in [0.4, 0.5) is 0 Å². The quantitative estimate of drug-likeness (QED) is 0.517. The average Bonchev–Trinajstić information content (AvgIpc) is 3.46. The molecule has 1 fully saturated rings. The first kappa shape index (κ1) is 23.5. The average molecular weight is 474 g/mol. The van der Waals surface area contributed by atoms with Crippen LogP contribution in [0.3, 0.4) is 0 Å². The number of aliphatic hydroxyl groups is 1. The summed E-state index contributed by atoms with van der Waals surface area (Å²) in [5.41, 5.74) is 4.69. The Kier molecular flexibility index (Phi) is 6.32. The molecule has 1 N–H and O–H groups in total. The van der Waals surface area contributed by atoms with Crippen LogP contribution in [0.25, 0.3) is 22.8 Å².